The van der Waals surface area contributed by atoms with Crippen molar-refractivity contribution >= 4 is 10.0 Å². The SMILES string of the molecule is CC(C#N)S(=O)(=O)N1CCc2ccccc2C1. The van der Waals surface area contributed by atoms with Crippen molar-refractivity contribution in [1.82, 2.24) is 4.31 Å². The molecule has 1 heterocycles. The highest BCUT2D eigenvalue weighted by Gasteiger charge is 2.31. The van der Waals surface area contributed by atoms with E-state index in [0.29, 0.717) is 19.5 Å². The van der Waals surface area contributed by atoms with Gasteiger partial charge in [0.2, 0.25) is 10.0 Å². The molecular formula is C12H14N2O2S. The van der Waals surface area contributed by atoms with Crippen LogP contribution >= 0.6 is 0 Å². The Morgan fingerprint density at radius 1 is 1.35 bits per heavy atom. The quantitative estimate of drug-likeness (QED) is 0.794. The summed E-state index contributed by atoms with van der Waals surface area (Å²) in [7, 11) is -3.48. The first kappa shape index (κ1) is 12.1. The van der Waals surface area contributed by atoms with Gasteiger partial charge in [-0.3, -0.25) is 0 Å². The molecule has 2 rings (SSSR count). The predicted octanol–water partition coefficient (Wildman–Crippen LogP) is 1.29. The van der Waals surface area contributed by atoms with Crippen LogP contribution in [0.15, 0.2) is 24.3 Å². The van der Waals surface area contributed by atoms with Crippen LogP contribution in [0.5, 0.6) is 0 Å². The van der Waals surface area contributed by atoms with Crippen LogP contribution in [0, 0.1) is 11.3 Å². The molecule has 0 radical (unpaired) electrons. The Kier molecular flexibility index (Phi) is 3.18. The minimum absolute atomic E-state index is 0.379. The third kappa shape index (κ3) is 2.19. The second kappa shape index (κ2) is 4.47. The summed E-state index contributed by atoms with van der Waals surface area (Å²) in [5, 5.41) is 7.76. The molecule has 1 aliphatic rings. The van der Waals surface area contributed by atoms with E-state index in [4.69, 9.17) is 5.26 Å². The average Bonchev–Trinajstić information content (AvgIpc) is 2.37. The topological polar surface area (TPSA) is 61.2 Å². The van der Waals surface area contributed by atoms with E-state index in [9.17, 15) is 8.42 Å². The van der Waals surface area contributed by atoms with Gasteiger partial charge in [-0.1, -0.05) is 24.3 Å². The van der Waals surface area contributed by atoms with Gasteiger partial charge in [-0.05, 0) is 24.5 Å². The third-order valence-corrected chi connectivity index (χ3v) is 5.11. The van der Waals surface area contributed by atoms with Crippen molar-refractivity contribution in [2.24, 2.45) is 0 Å². The molecule has 17 heavy (non-hydrogen) atoms. The summed E-state index contributed by atoms with van der Waals surface area (Å²) in [6, 6.07) is 9.62. The van der Waals surface area contributed by atoms with Gasteiger partial charge in [0.15, 0.2) is 5.25 Å². The van der Waals surface area contributed by atoms with Gasteiger partial charge >= 0.3 is 0 Å². The number of hydrogen-bond donors (Lipinski definition) is 0. The third-order valence-electron chi connectivity index (χ3n) is 3.08. The van der Waals surface area contributed by atoms with Crippen LogP contribution in [0.3, 0.4) is 0 Å². The van der Waals surface area contributed by atoms with Gasteiger partial charge < -0.3 is 0 Å². The first-order valence-corrected chi connectivity index (χ1v) is 7.01. The Labute approximate surface area is 102 Å². The Morgan fingerprint density at radius 2 is 2.00 bits per heavy atom. The predicted molar refractivity (Wildman–Crippen MR) is 64.6 cm³/mol. The van der Waals surface area contributed by atoms with Crippen molar-refractivity contribution in [2.75, 3.05) is 6.54 Å². The molecule has 0 amide bonds. The molecule has 0 saturated heterocycles. The highest BCUT2D eigenvalue weighted by atomic mass is 32.2. The van der Waals surface area contributed by atoms with Crippen LogP contribution in [0.4, 0.5) is 0 Å². The number of benzene rings is 1. The molecular weight excluding hydrogens is 236 g/mol. The molecule has 0 aliphatic carbocycles. The average molecular weight is 250 g/mol. The lowest BCUT2D eigenvalue weighted by Crippen LogP contribution is -2.40. The molecule has 1 aromatic rings. The molecule has 1 aliphatic heterocycles. The second-order valence-electron chi connectivity index (χ2n) is 4.17. The molecule has 1 aromatic carbocycles. The Morgan fingerprint density at radius 3 is 2.65 bits per heavy atom. The van der Waals surface area contributed by atoms with Crippen LogP contribution < -0.4 is 0 Å². The molecule has 0 N–H and O–H groups in total. The van der Waals surface area contributed by atoms with Crippen molar-refractivity contribution in [3.63, 3.8) is 0 Å². The van der Waals surface area contributed by atoms with Crippen molar-refractivity contribution in [3.05, 3.63) is 35.4 Å². The summed E-state index contributed by atoms with van der Waals surface area (Å²) < 4.78 is 25.5. The first-order chi connectivity index (χ1) is 8.05. The van der Waals surface area contributed by atoms with E-state index >= 15 is 0 Å². The minimum Gasteiger partial charge on any atom is -0.211 e. The van der Waals surface area contributed by atoms with Crippen LogP contribution in [0.1, 0.15) is 18.1 Å². The number of hydrogen-bond acceptors (Lipinski definition) is 3. The second-order valence-corrected chi connectivity index (χ2v) is 6.42. The molecule has 90 valence electrons. The summed E-state index contributed by atoms with van der Waals surface area (Å²) in [4.78, 5) is 0. The Hall–Kier alpha value is -1.38. The highest BCUT2D eigenvalue weighted by molar-refractivity contribution is 7.89. The van der Waals surface area contributed by atoms with E-state index in [-0.39, 0.29) is 0 Å². The van der Waals surface area contributed by atoms with Crippen molar-refractivity contribution in [1.29, 1.82) is 5.26 Å². The Bertz CT molecular complexity index is 560. The molecule has 5 heteroatoms. The zero-order chi connectivity index (χ0) is 12.5. The summed E-state index contributed by atoms with van der Waals surface area (Å²) in [6.45, 7) is 2.27. The number of rotatable bonds is 2. The fraction of sp³-hybridized carbons (Fsp3) is 0.417. The lowest BCUT2D eigenvalue weighted by atomic mass is 10.0. The lowest BCUT2D eigenvalue weighted by Gasteiger charge is -2.28. The van der Waals surface area contributed by atoms with E-state index in [2.05, 4.69) is 0 Å². The fourth-order valence-corrected chi connectivity index (χ4v) is 3.22. The zero-order valence-electron chi connectivity index (χ0n) is 9.63. The maximum absolute atomic E-state index is 12.0. The van der Waals surface area contributed by atoms with Gasteiger partial charge in [-0.15, -0.1) is 0 Å². The van der Waals surface area contributed by atoms with Crippen molar-refractivity contribution in [3.8, 4) is 6.07 Å². The van der Waals surface area contributed by atoms with Crippen LogP contribution in [0.2, 0.25) is 0 Å². The number of nitrogens with zero attached hydrogens (tertiary/aromatic N) is 2. The van der Waals surface area contributed by atoms with Crippen LogP contribution in [0.25, 0.3) is 0 Å². The molecule has 4 nitrogen and oxygen atoms in total. The lowest BCUT2D eigenvalue weighted by molar-refractivity contribution is 0.389. The summed E-state index contributed by atoms with van der Waals surface area (Å²) >= 11 is 0. The van der Waals surface area contributed by atoms with Crippen molar-refractivity contribution in [2.45, 2.75) is 25.1 Å². The molecule has 0 spiro atoms. The first-order valence-electron chi connectivity index (χ1n) is 5.51. The normalized spacial score (nSPS) is 18.1. The van der Waals surface area contributed by atoms with E-state index in [1.54, 1.807) is 6.07 Å². The summed E-state index contributed by atoms with van der Waals surface area (Å²) in [5.41, 5.74) is 2.23. The van der Waals surface area contributed by atoms with Gasteiger partial charge in [-0.25, -0.2) is 8.42 Å². The zero-order valence-corrected chi connectivity index (χ0v) is 10.4. The van der Waals surface area contributed by atoms with Crippen LogP contribution in [-0.4, -0.2) is 24.5 Å². The van der Waals surface area contributed by atoms with Crippen LogP contribution in [-0.2, 0) is 23.0 Å². The number of fused-ring (bicyclic) bond motifs is 1. The number of sulfonamides is 1. The minimum atomic E-state index is -3.48. The Balaban J connectivity index is 2.27. The van der Waals surface area contributed by atoms with E-state index in [1.807, 2.05) is 24.3 Å². The molecule has 0 aromatic heterocycles. The molecule has 1 unspecified atom stereocenters. The standard InChI is InChI=1S/C12H14N2O2S/c1-10(8-13)17(15,16)14-7-6-11-4-2-3-5-12(11)9-14/h2-5,10H,6-7,9H2,1H3. The molecule has 0 fully saturated rings. The summed E-state index contributed by atoms with van der Waals surface area (Å²) in [6.07, 6.45) is 0.716. The summed E-state index contributed by atoms with van der Waals surface area (Å²) in [5.74, 6) is 0. The van der Waals surface area contributed by atoms with Gasteiger partial charge in [0.25, 0.3) is 0 Å². The molecule has 1 atom stereocenters. The van der Waals surface area contributed by atoms with E-state index in [1.165, 1.54) is 16.8 Å². The highest BCUT2D eigenvalue weighted by Crippen LogP contribution is 2.22. The van der Waals surface area contributed by atoms with Crippen molar-refractivity contribution < 1.29 is 8.42 Å². The van der Waals surface area contributed by atoms with Gasteiger partial charge in [-0.2, -0.15) is 9.57 Å². The monoisotopic (exact) mass is 250 g/mol. The van der Waals surface area contributed by atoms with E-state index < -0.39 is 15.3 Å². The fourth-order valence-electron chi connectivity index (χ4n) is 1.98. The van der Waals surface area contributed by atoms with Gasteiger partial charge in [0, 0.05) is 13.1 Å². The number of nitriles is 1. The van der Waals surface area contributed by atoms with E-state index in [0.717, 1.165) is 5.56 Å². The molecule has 0 saturated carbocycles. The smallest absolute Gasteiger partial charge is 0.211 e. The van der Waals surface area contributed by atoms with Gasteiger partial charge in [0.1, 0.15) is 0 Å². The maximum Gasteiger partial charge on any atom is 0.230 e. The maximum atomic E-state index is 12.0. The van der Waals surface area contributed by atoms with Gasteiger partial charge in [0.05, 0.1) is 6.07 Å². The largest absolute Gasteiger partial charge is 0.230 e. The molecule has 0 bridgehead atoms.